The van der Waals surface area contributed by atoms with E-state index in [1.165, 1.54) is 16.2 Å². The number of nitrogens with two attached hydrogens (primary N) is 1. The van der Waals surface area contributed by atoms with Gasteiger partial charge in [-0.25, -0.2) is 0 Å². The third-order valence-corrected chi connectivity index (χ3v) is 4.83. The molecule has 0 aliphatic heterocycles. The highest BCUT2D eigenvalue weighted by Crippen LogP contribution is 2.48. The van der Waals surface area contributed by atoms with Gasteiger partial charge >= 0.3 is 0 Å². The summed E-state index contributed by atoms with van der Waals surface area (Å²) in [5.41, 5.74) is 7.15. The van der Waals surface area contributed by atoms with Crippen molar-refractivity contribution in [2.24, 2.45) is 0 Å². The van der Waals surface area contributed by atoms with Crippen LogP contribution in [-0.4, -0.2) is 10.1 Å². The second-order valence-corrected chi connectivity index (χ2v) is 6.22. The Morgan fingerprint density at radius 3 is 2.71 bits per heavy atom. The zero-order chi connectivity index (χ0) is 15.6. The Labute approximate surface area is 128 Å². The third-order valence-electron chi connectivity index (χ3n) is 3.75. The van der Waals surface area contributed by atoms with Gasteiger partial charge in [-0.3, -0.25) is 0 Å². The molecule has 1 aliphatic rings. The van der Waals surface area contributed by atoms with Gasteiger partial charge in [-0.2, -0.15) is 10.2 Å². The molecule has 0 aromatic carbocycles. The predicted octanol–water partition coefficient (Wildman–Crippen LogP) is 3.56. The van der Waals surface area contributed by atoms with Crippen LogP contribution in [0.15, 0.2) is 4.52 Å². The molecule has 0 amide bonds. The van der Waals surface area contributed by atoms with Crippen molar-refractivity contribution in [1.82, 2.24) is 10.1 Å². The Hall–Kier alpha value is -1.87. The summed E-state index contributed by atoms with van der Waals surface area (Å²) in [4.78, 5) is 5.55. The van der Waals surface area contributed by atoms with Crippen LogP contribution in [0, 0.1) is 18.3 Å². The van der Waals surface area contributed by atoms with E-state index in [4.69, 9.17) is 10.3 Å². The number of hydrogen-bond donors (Lipinski definition) is 1. The zero-order valence-electron chi connectivity index (χ0n) is 12.9. The predicted molar refractivity (Wildman–Crippen MR) is 83.2 cm³/mol. The van der Waals surface area contributed by atoms with Gasteiger partial charge in [0.05, 0.1) is 11.0 Å². The number of nitrogen functional groups attached to an aromatic ring is 1. The van der Waals surface area contributed by atoms with Crippen LogP contribution in [0.25, 0.3) is 0 Å². The van der Waals surface area contributed by atoms with E-state index in [0.717, 1.165) is 24.8 Å². The highest BCUT2D eigenvalue weighted by molar-refractivity contribution is 7.16. The lowest BCUT2D eigenvalue weighted by Gasteiger charge is -2.30. The van der Waals surface area contributed by atoms with Crippen LogP contribution in [0.4, 0.5) is 5.00 Å². The van der Waals surface area contributed by atoms with Gasteiger partial charge in [-0.15, -0.1) is 11.3 Å². The minimum absolute atomic E-state index is 0.395. The molecule has 0 saturated carbocycles. The fourth-order valence-corrected chi connectivity index (χ4v) is 4.02. The normalized spacial score (nSPS) is 20.1. The SMILES string of the molecule is CC.Cc1noc(C2(C)CCCc3sc(N)c(C#N)c32)n1. The quantitative estimate of drug-likeness (QED) is 0.870. The number of aryl methyl sites for hydroxylation is 2. The average Bonchev–Trinajstić information content (AvgIpc) is 3.05. The van der Waals surface area contributed by atoms with E-state index in [1.54, 1.807) is 6.92 Å². The Kier molecular flexibility index (Phi) is 4.33. The standard InChI is InChI=1S/C13H14N4OS.C2H6/c1-7-16-12(18-17-7)13(2)5-3-4-9-10(13)8(6-14)11(15)19-9;1-2/h3-5,15H2,1-2H3;1-2H3. The van der Waals surface area contributed by atoms with Crippen molar-refractivity contribution < 1.29 is 4.52 Å². The molecule has 0 fully saturated rings. The van der Waals surface area contributed by atoms with E-state index in [1.807, 2.05) is 13.8 Å². The second-order valence-electron chi connectivity index (χ2n) is 5.08. The molecule has 0 spiro atoms. The van der Waals surface area contributed by atoms with Gasteiger partial charge in [-0.05, 0) is 33.1 Å². The van der Waals surface area contributed by atoms with Crippen molar-refractivity contribution in [3.05, 3.63) is 27.7 Å². The molecule has 112 valence electrons. The van der Waals surface area contributed by atoms with E-state index in [2.05, 4.69) is 23.1 Å². The number of fused-ring (bicyclic) bond motifs is 1. The van der Waals surface area contributed by atoms with Crippen LogP contribution in [0.5, 0.6) is 0 Å². The van der Waals surface area contributed by atoms with Crippen molar-refractivity contribution in [1.29, 1.82) is 5.26 Å². The van der Waals surface area contributed by atoms with Crippen molar-refractivity contribution in [3.8, 4) is 6.07 Å². The molecule has 2 heterocycles. The smallest absolute Gasteiger partial charge is 0.237 e. The maximum atomic E-state index is 9.36. The first-order valence-electron chi connectivity index (χ1n) is 7.19. The van der Waals surface area contributed by atoms with Crippen LogP contribution >= 0.6 is 11.3 Å². The summed E-state index contributed by atoms with van der Waals surface area (Å²) in [6.45, 7) is 7.86. The first-order chi connectivity index (χ1) is 10.1. The van der Waals surface area contributed by atoms with E-state index >= 15 is 0 Å². The second kappa shape index (κ2) is 5.86. The lowest BCUT2D eigenvalue weighted by molar-refractivity contribution is 0.299. The lowest BCUT2D eigenvalue weighted by Crippen LogP contribution is -2.29. The topological polar surface area (TPSA) is 88.7 Å². The van der Waals surface area contributed by atoms with Gasteiger partial charge in [0.15, 0.2) is 5.82 Å². The maximum absolute atomic E-state index is 9.36. The first-order valence-corrected chi connectivity index (χ1v) is 8.00. The molecule has 1 aliphatic carbocycles. The summed E-state index contributed by atoms with van der Waals surface area (Å²) in [7, 11) is 0. The molecular formula is C15H20N4OS. The lowest BCUT2D eigenvalue weighted by atomic mass is 9.72. The molecule has 1 atom stereocenters. The van der Waals surface area contributed by atoms with Crippen LogP contribution in [0.1, 0.15) is 61.3 Å². The van der Waals surface area contributed by atoms with E-state index in [9.17, 15) is 5.26 Å². The molecule has 3 rings (SSSR count). The Balaban J connectivity index is 0.000000774. The van der Waals surface area contributed by atoms with E-state index < -0.39 is 5.41 Å². The summed E-state index contributed by atoms with van der Waals surface area (Å²) < 4.78 is 5.37. The number of anilines is 1. The number of nitriles is 1. The number of thiophene rings is 1. The Morgan fingerprint density at radius 2 is 2.14 bits per heavy atom. The molecule has 2 aromatic heterocycles. The number of rotatable bonds is 1. The molecule has 1 unspecified atom stereocenters. The fraction of sp³-hybridized carbons (Fsp3) is 0.533. The number of nitrogens with zero attached hydrogens (tertiary/aromatic N) is 3. The largest absolute Gasteiger partial charge is 0.389 e. The number of aromatic nitrogens is 2. The van der Waals surface area contributed by atoms with Gasteiger partial charge in [0, 0.05) is 10.4 Å². The summed E-state index contributed by atoms with van der Waals surface area (Å²) in [5.74, 6) is 1.20. The van der Waals surface area contributed by atoms with Crippen LogP contribution in [0.2, 0.25) is 0 Å². The molecular weight excluding hydrogens is 284 g/mol. The fourth-order valence-electron chi connectivity index (χ4n) is 2.83. The highest BCUT2D eigenvalue weighted by Gasteiger charge is 2.42. The highest BCUT2D eigenvalue weighted by atomic mass is 32.1. The maximum Gasteiger partial charge on any atom is 0.237 e. The molecule has 5 nitrogen and oxygen atoms in total. The first kappa shape index (κ1) is 15.5. The monoisotopic (exact) mass is 304 g/mol. The van der Waals surface area contributed by atoms with Crippen molar-refractivity contribution in [2.45, 2.75) is 52.4 Å². The van der Waals surface area contributed by atoms with Crippen molar-refractivity contribution >= 4 is 16.3 Å². The van der Waals surface area contributed by atoms with Crippen LogP contribution in [0.3, 0.4) is 0 Å². The van der Waals surface area contributed by atoms with Gasteiger partial charge in [0.2, 0.25) is 5.89 Å². The summed E-state index contributed by atoms with van der Waals surface area (Å²) in [5, 5.41) is 13.8. The van der Waals surface area contributed by atoms with Crippen LogP contribution < -0.4 is 5.73 Å². The molecule has 2 N–H and O–H groups in total. The molecule has 0 bridgehead atoms. The van der Waals surface area contributed by atoms with Crippen molar-refractivity contribution in [3.63, 3.8) is 0 Å². The molecule has 6 heteroatoms. The van der Waals surface area contributed by atoms with E-state index in [0.29, 0.717) is 22.3 Å². The molecule has 21 heavy (non-hydrogen) atoms. The van der Waals surface area contributed by atoms with E-state index in [-0.39, 0.29) is 0 Å². The molecule has 0 saturated heterocycles. The zero-order valence-corrected chi connectivity index (χ0v) is 13.7. The van der Waals surface area contributed by atoms with Gasteiger partial charge in [-0.1, -0.05) is 19.0 Å². The minimum atomic E-state index is -0.395. The summed E-state index contributed by atoms with van der Waals surface area (Å²) in [6, 6.07) is 2.23. The van der Waals surface area contributed by atoms with Crippen LogP contribution in [-0.2, 0) is 11.8 Å². The third kappa shape index (κ3) is 2.42. The Morgan fingerprint density at radius 1 is 1.43 bits per heavy atom. The van der Waals surface area contributed by atoms with Gasteiger partial charge in [0.1, 0.15) is 11.1 Å². The summed E-state index contributed by atoms with van der Waals surface area (Å²) in [6.07, 6.45) is 2.90. The summed E-state index contributed by atoms with van der Waals surface area (Å²) >= 11 is 1.51. The minimum Gasteiger partial charge on any atom is -0.389 e. The van der Waals surface area contributed by atoms with Gasteiger partial charge < -0.3 is 10.3 Å². The number of hydrogen-bond acceptors (Lipinski definition) is 6. The Bertz CT molecular complexity index is 682. The molecule has 2 aromatic rings. The van der Waals surface area contributed by atoms with Crippen molar-refractivity contribution in [2.75, 3.05) is 5.73 Å². The average molecular weight is 304 g/mol. The van der Waals surface area contributed by atoms with Gasteiger partial charge in [0.25, 0.3) is 0 Å². The molecule has 0 radical (unpaired) electrons.